The Morgan fingerprint density at radius 1 is 0.962 bits per heavy atom. The zero-order chi connectivity index (χ0) is 18.9. The van der Waals surface area contributed by atoms with Crippen LogP contribution in [0.4, 0.5) is 0 Å². The van der Waals surface area contributed by atoms with Crippen molar-refractivity contribution in [3.05, 3.63) is 81.6 Å². The van der Waals surface area contributed by atoms with Gasteiger partial charge in [-0.25, -0.2) is 0 Å². The molecule has 0 spiro atoms. The van der Waals surface area contributed by atoms with Crippen LogP contribution in [-0.2, 0) is 5.41 Å². The van der Waals surface area contributed by atoms with E-state index in [4.69, 9.17) is 0 Å². The molecule has 1 heterocycles. The lowest BCUT2D eigenvalue weighted by molar-refractivity contribution is 0.590. The molecule has 0 saturated carbocycles. The lowest BCUT2D eigenvalue weighted by Crippen LogP contribution is -2.13. The molecule has 0 aliphatic heterocycles. The van der Waals surface area contributed by atoms with Gasteiger partial charge in [0.05, 0.1) is 0 Å². The number of aromatic nitrogens is 1. The van der Waals surface area contributed by atoms with Crippen molar-refractivity contribution in [3.63, 3.8) is 0 Å². The van der Waals surface area contributed by atoms with Gasteiger partial charge in [0.25, 0.3) is 5.56 Å². The van der Waals surface area contributed by atoms with Crippen LogP contribution in [0.1, 0.15) is 37.5 Å². The monoisotopic (exact) mass is 342 g/mol. The van der Waals surface area contributed by atoms with Crippen molar-refractivity contribution in [3.8, 4) is 28.5 Å². The molecular formula is C23H22N2O. The van der Waals surface area contributed by atoms with Gasteiger partial charge >= 0.3 is 0 Å². The lowest BCUT2D eigenvalue weighted by atomic mass is 9.86. The Kier molecular flexibility index (Phi) is 4.52. The maximum atomic E-state index is 12.5. The predicted molar refractivity (Wildman–Crippen MR) is 106 cm³/mol. The minimum absolute atomic E-state index is 0.0531. The average molecular weight is 342 g/mol. The fourth-order valence-electron chi connectivity index (χ4n) is 3.02. The number of benzene rings is 2. The first-order chi connectivity index (χ1) is 12.3. The predicted octanol–water partition coefficient (Wildman–Crippen LogP) is 5.19. The Balaban J connectivity index is 2.17. The van der Waals surface area contributed by atoms with Gasteiger partial charge in [-0.1, -0.05) is 68.8 Å². The van der Waals surface area contributed by atoms with Crippen molar-refractivity contribution in [1.29, 1.82) is 5.26 Å². The van der Waals surface area contributed by atoms with E-state index in [0.717, 1.165) is 16.7 Å². The van der Waals surface area contributed by atoms with Gasteiger partial charge in [0, 0.05) is 11.3 Å². The highest BCUT2D eigenvalue weighted by atomic mass is 16.1. The Bertz CT molecular complexity index is 1050. The Hall–Kier alpha value is -3.12. The van der Waals surface area contributed by atoms with Gasteiger partial charge < -0.3 is 4.98 Å². The molecule has 130 valence electrons. The quantitative estimate of drug-likeness (QED) is 0.697. The van der Waals surface area contributed by atoms with Gasteiger partial charge in [0.2, 0.25) is 0 Å². The molecule has 3 nitrogen and oxygen atoms in total. The first-order valence-corrected chi connectivity index (χ1v) is 8.65. The highest BCUT2D eigenvalue weighted by molar-refractivity contribution is 5.75. The van der Waals surface area contributed by atoms with Crippen LogP contribution in [0.3, 0.4) is 0 Å². The fraction of sp³-hybridized carbons (Fsp3) is 0.217. The van der Waals surface area contributed by atoms with Gasteiger partial charge in [0.1, 0.15) is 11.6 Å². The molecule has 26 heavy (non-hydrogen) atoms. The van der Waals surface area contributed by atoms with E-state index in [1.165, 1.54) is 5.56 Å². The van der Waals surface area contributed by atoms with E-state index >= 15 is 0 Å². The van der Waals surface area contributed by atoms with Crippen LogP contribution in [0.2, 0.25) is 0 Å². The van der Waals surface area contributed by atoms with Crippen molar-refractivity contribution in [2.45, 2.75) is 33.1 Å². The summed E-state index contributed by atoms with van der Waals surface area (Å²) < 4.78 is 0. The van der Waals surface area contributed by atoms with Gasteiger partial charge in [-0.15, -0.1) is 0 Å². The van der Waals surface area contributed by atoms with Crippen LogP contribution in [-0.4, -0.2) is 4.98 Å². The van der Waals surface area contributed by atoms with Gasteiger partial charge in [0.15, 0.2) is 0 Å². The molecule has 0 amide bonds. The van der Waals surface area contributed by atoms with Crippen molar-refractivity contribution in [2.24, 2.45) is 0 Å². The number of hydrogen-bond donors (Lipinski definition) is 1. The number of H-pyrrole nitrogens is 1. The van der Waals surface area contributed by atoms with Crippen LogP contribution < -0.4 is 5.56 Å². The molecule has 0 fully saturated rings. The third kappa shape index (κ3) is 3.45. The molecule has 0 unspecified atom stereocenters. The average Bonchev–Trinajstić information content (AvgIpc) is 2.60. The number of nitrogens with one attached hydrogen (secondary N) is 1. The molecule has 0 aliphatic carbocycles. The summed E-state index contributed by atoms with van der Waals surface area (Å²) in [6.45, 7) is 8.49. The number of pyridine rings is 1. The molecular weight excluding hydrogens is 320 g/mol. The summed E-state index contributed by atoms with van der Waals surface area (Å²) in [4.78, 5) is 15.3. The molecule has 3 rings (SSSR count). The molecule has 3 aromatic rings. The largest absolute Gasteiger partial charge is 0.321 e. The van der Waals surface area contributed by atoms with Crippen molar-refractivity contribution in [1.82, 2.24) is 4.98 Å². The topological polar surface area (TPSA) is 56.6 Å². The summed E-state index contributed by atoms with van der Waals surface area (Å²) in [5, 5.41) is 9.48. The zero-order valence-electron chi connectivity index (χ0n) is 15.6. The summed E-state index contributed by atoms with van der Waals surface area (Å²) in [7, 11) is 0. The van der Waals surface area contributed by atoms with Gasteiger partial charge in [-0.2, -0.15) is 5.26 Å². The maximum Gasteiger partial charge on any atom is 0.266 e. The van der Waals surface area contributed by atoms with E-state index in [2.05, 4.69) is 44.0 Å². The Labute approximate surface area is 154 Å². The van der Waals surface area contributed by atoms with Crippen LogP contribution >= 0.6 is 0 Å². The van der Waals surface area contributed by atoms with Crippen molar-refractivity contribution in [2.75, 3.05) is 0 Å². The Morgan fingerprint density at radius 2 is 1.65 bits per heavy atom. The molecule has 0 radical (unpaired) electrons. The second-order valence-corrected chi connectivity index (χ2v) is 7.61. The number of nitrogens with zero attached hydrogens (tertiary/aromatic N) is 1. The Morgan fingerprint density at radius 3 is 2.23 bits per heavy atom. The summed E-state index contributed by atoms with van der Waals surface area (Å²) in [5.74, 6) is 0. The van der Waals surface area contributed by atoms with Crippen LogP contribution in [0.5, 0.6) is 0 Å². The highest BCUT2D eigenvalue weighted by Gasteiger charge is 2.16. The van der Waals surface area contributed by atoms with E-state index in [-0.39, 0.29) is 16.5 Å². The minimum atomic E-state index is -0.360. The first kappa shape index (κ1) is 17.7. The number of hydrogen-bond acceptors (Lipinski definition) is 2. The second-order valence-electron chi connectivity index (χ2n) is 7.61. The molecule has 1 N–H and O–H groups in total. The number of rotatable bonds is 2. The number of aromatic amines is 1. The van der Waals surface area contributed by atoms with Crippen LogP contribution in [0.25, 0.3) is 22.4 Å². The molecule has 3 heteroatoms. The van der Waals surface area contributed by atoms with Gasteiger partial charge in [-0.05, 0) is 41.2 Å². The molecule has 2 aromatic carbocycles. The highest BCUT2D eigenvalue weighted by Crippen LogP contribution is 2.29. The molecule has 0 atom stereocenters. The number of aryl methyl sites for hydroxylation is 1. The first-order valence-electron chi connectivity index (χ1n) is 8.65. The summed E-state index contributed by atoms with van der Waals surface area (Å²) in [6.07, 6.45) is 0. The molecule has 0 saturated heterocycles. The lowest BCUT2D eigenvalue weighted by Gasteiger charge is -2.19. The smallest absolute Gasteiger partial charge is 0.266 e. The summed E-state index contributed by atoms with van der Waals surface area (Å²) in [5.41, 5.74) is 5.34. The molecule has 0 aliphatic rings. The minimum Gasteiger partial charge on any atom is -0.321 e. The zero-order valence-corrected chi connectivity index (χ0v) is 15.6. The van der Waals surface area contributed by atoms with E-state index in [9.17, 15) is 10.1 Å². The summed E-state index contributed by atoms with van der Waals surface area (Å²) >= 11 is 0. The van der Waals surface area contributed by atoms with E-state index in [1.54, 1.807) is 0 Å². The summed E-state index contributed by atoms with van der Waals surface area (Å²) in [6, 6.07) is 20.0. The van der Waals surface area contributed by atoms with Crippen molar-refractivity contribution < 1.29 is 0 Å². The van der Waals surface area contributed by atoms with E-state index in [1.807, 2.05) is 49.4 Å². The third-order valence-electron chi connectivity index (χ3n) is 4.54. The third-order valence-corrected chi connectivity index (χ3v) is 4.54. The van der Waals surface area contributed by atoms with Crippen molar-refractivity contribution >= 4 is 0 Å². The van der Waals surface area contributed by atoms with E-state index < -0.39 is 0 Å². The van der Waals surface area contributed by atoms with Crippen LogP contribution in [0.15, 0.2) is 59.4 Å². The maximum absolute atomic E-state index is 12.5. The fourth-order valence-corrected chi connectivity index (χ4v) is 3.02. The SMILES string of the molecule is Cc1cccc(-c2cc(-c3ccc(C(C)(C)C)cc3)c(C#N)c(=O)[nH]2)c1. The normalized spacial score (nSPS) is 11.2. The molecule has 1 aromatic heterocycles. The van der Waals surface area contributed by atoms with Gasteiger partial charge in [-0.3, -0.25) is 4.79 Å². The molecule has 0 bridgehead atoms. The van der Waals surface area contributed by atoms with Crippen LogP contribution in [0, 0.1) is 18.3 Å². The van der Waals surface area contributed by atoms with E-state index in [0.29, 0.717) is 11.3 Å². The standard InChI is InChI=1S/C23H22N2O/c1-15-6-5-7-17(12-15)21-13-19(20(14-24)22(26)25-21)16-8-10-18(11-9-16)23(2,3)4/h5-13H,1-4H3,(H,25,26). The number of nitriles is 1. The second kappa shape index (κ2) is 6.65.